The van der Waals surface area contributed by atoms with Crippen LogP contribution in [0.2, 0.25) is 0 Å². The highest BCUT2D eigenvalue weighted by Gasteiger charge is 2.00. The molecule has 4 heteroatoms. The van der Waals surface area contributed by atoms with Gasteiger partial charge in [-0.25, -0.2) is 0 Å². The SMILES string of the molecule is CCC(=O)/C=C/C=C\C=C\C(=O)CCCCCCCC(=O)OC. The van der Waals surface area contributed by atoms with Gasteiger partial charge in [0.2, 0.25) is 0 Å². The van der Waals surface area contributed by atoms with Crippen LogP contribution in [0.5, 0.6) is 0 Å². The molecule has 0 aliphatic heterocycles. The smallest absolute Gasteiger partial charge is 0.305 e. The maximum Gasteiger partial charge on any atom is 0.305 e. The highest BCUT2D eigenvalue weighted by molar-refractivity contribution is 5.90. The van der Waals surface area contributed by atoms with Crippen LogP contribution in [0.15, 0.2) is 36.5 Å². The monoisotopic (exact) mass is 320 g/mol. The standard InChI is InChI=1S/C19H28O4/c1-3-17(20)13-9-7-8-11-15-18(21)14-10-5-4-6-12-16-19(22)23-2/h7-9,11,13,15H,3-6,10,12,14,16H2,1-2H3/b8-7-,13-9+,15-11+. The molecule has 0 saturated heterocycles. The van der Waals surface area contributed by atoms with Gasteiger partial charge in [0.05, 0.1) is 7.11 Å². The molecule has 0 aromatic heterocycles. The van der Waals surface area contributed by atoms with Gasteiger partial charge < -0.3 is 4.74 Å². The van der Waals surface area contributed by atoms with E-state index in [0.29, 0.717) is 19.3 Å². The maximum absolute atomic E-state index is 11.6. The minimum Gasteiger partial charge on any atom is -0.469 e. The Hall–Kier alpha value is -1.97. The highest BCUT2D eigenvalue weighted by atomic mass is 16.5. The van der Waals surface area contributed by atoms with Crippen molar-refractivity contribution in [2.45, 2.75) is 58.3 Å². The van der Waals surface area contributed by atoms with Crippen LogP contribution < -0.4 is 0 Å². The molecule has 23 heavy (non-hydrogen) atoms. The number of unbranched alkanes of at least 4 members (excludes halogenated alkanes) is 4. The predicted octanol–water partition coefficient (Wildman–Crippen LogP) is 4.11. The van der Waals surface area contributed by atoms with Crippen LogP contribution in [-0.4, -0.2) is 24.6 Å². The number of esters is 1. The van der Waals surface area contributed by atoms with E-state index in [9.17, 15) is 14.4 Å². The molecule has 128 valence electrons. The van der Waals surface area contributed by atoms with Gasteiger partial charge >= 0.3 is 5.97 Å². The summed E-state index contributed by atoms with van der Waals surface area (Å²) in [5.41, 5.74) is 0. The van der Waals surface area contributed by atoms with Crippen molar-refractivity contribution in [3.63, 3.8) is 0 Å². The summed E-state index contributed by atoms with van der Waals surface area (Å²) in [6.45, 7) is 1.81. The van der Waals surface area contributed by atoms with E-state index < -0.39 is 0 Å². The maximum atomic E-state index is 11.6. The van der Waals surface area contributed by atoms with Crippen molar-refractivity contribution in [1.29, 1.82) is 0 Å². The molecular weight excluding hydrogens is 292 g/mol. The molecule has 4 nitrogen and oxygen atoms in total. The zero-order valence-electron chi connectivity index (χ0n) is 14.3. The molecule has 0 amide bonds. The van der Waals surface area contributed by atoms with Crippen LogP contribution in [-0.2, 0) is 19.1 Å². The number of carbonyl (C=O) groups is 3. The van der Waals surface area contributed by atoms with Crippen LogP contribution in [0.3, 0.4) is 0 Å². The molecule has 0 bridgehead atoms. The number of methoxy groups -OCH3 is 1. The van der Waals surface area contributed by atoms with Gasteiger partial charge in [-0.05, 0) is 25.0 Å². The van der Waals surface area contributed by atoms with Gasteiger partial charge in [0.15, 0.2) is 11.6 Å². The zero-order valence-corrected chi connectivity index (χ0v) is 14.3. The predicted molar refractivity (Wildman–Crippen MR) is 92.1 cm³/mol. The molecule has 0 aromatic carbocycles. The molecule has 0 N–H and O–H groups in total. The number of ketones is 2. The van der Waals surface area contributed by atoms with Crippen molar-refractivity contribution in [3.05, 3.63) is 36.5 Å². The molecule has 0 atom stereocenters. The van der Waals surface area contributed by atoms with Crippen molar-refractivity contribution in [1.82, 2.24) is 0 Å². The van der Waals surface area contributed by atoms with Crippen LogP contribution in [0.25, 0.3) is 0 Å². The van der Waals surface area contributed by atoms with Gasteiger partial charge in [-0.1, -0.05) is 50.5 Å². The second-order valence-electron chi connectivity index (χ2n) is 5.23. The van der Waals surface area contributed by atoms with E-state index in [1.165, 1.54) is 13.2 Å². The van der Waals surface area contributed by atoms with Crippen LogP contribution in [0, 0.1) is 0 Å². The summed E-state index contributed by atoms with van der Waals surface area (Å²) < 4.78 is 4.57. The normalized spacial score (nSPS) is 11.6. The Bertz CT molecular complexity index is 444. The van der Waals surface area contributed by atoms with Gasteiger partial charge in [-0.3, -0.25) is 14.4 Å². The van der Waals surface area contributed by atoms with E-state index >= 15 is 0 Å². The number of ether oxygens (including phenoxy) is 1. The summed E-state index contributed by atoms with van der Waals surface area (Å²) in [5.74, 6) is 0.0337. The second-order valence-corrected chi connectivity index (χ2v) is 5.23. The Morgan fingerprint density at radius 1 is 0.739 bits per heavy atom. The van der Waals surface area contributed by atoms with Gasteiger partial charge in [0, 0.05) is 19.3 Å². The Labute approximate surface area is 139 Å². The van der Waals surface area contributed by atoms with Crippen molar-refractivity contribution in [3.8, 4) is 0 Å². The quantitative estimate of drug-likeness (QED) is 0.222. The summed E-state index contributed by atoms with van der Waals surface area (Å²) in [7, 11) is 1.40. The number of hydrogen-bond acceptors (Lipinski definition) is 4. The number of rotatable bonds is 13. The van der Waals surface area contributed by atoms with E-state index in [2.05, 4.69) is 4.74 Å². The number of carbonyl (C=O) groups excluding carboxylic acids is 3. The van der Waals surface area contributed by atoms with E-state index in [1.807, 2.05) is 6.92 Å². The Morgan fingerprint density at radius 3 is 1.83 bits per heavy atom. The first kappa shape index (κ1) is 21.0. The summed E-state index contributed by atoms with van der Waals surface area (Å²) >= 11 is 0. The first-order chi connectivity index (χ1) is 11.1. The van der Waals surface area contributed by atoms with Crippen molar-refractivity contribution in [2.75, 3.05) is 7.11 Å². The van der Waals surface area contributed by atoms with E-state index in [-0.39, 0.29) is 17.5 Å². The molecule has 0 aliphatic carbocycles. The molecule has 0 aromatic rings. The Kier molecular flexibility index (Phi) is 13.7. The number of hydrogen-bond donors (Lipinski definition) is 0. The first-order valence-corrected chi connectivity index (χ1v) is 8.24. The van der Waals surface area contributed by atoms with E-state index in [0.717, 1.165) is 32.1 Å². The molecule has 0 fully saturated rings. The molecule has 0 aliphatic rings. The topological polar surface area (TPSA) is 60.4 Å². The third-order valence-corrected chi connectivity index (χ3v) is 3.28. The van der Waals surface area contributed by atoms with Gasteiger partial charge in [0.25, 0.3) is 0 Å². The summed E-state index contributed by atoms with van der Waals surface area (Å²) in [6.07, 6.45) is 16.2. The van der Waals surface area contributed by atoms with E-state index in [1.54, 1.807) is 30.4 Å². The lowest BCUT2D eigenvalue weighted by molar-refractivity contribution is -0.140. The van der Waals surface area contributed by atoms with Gasteiger partial charge in [0.1, 0.15) is 0 Å². The van der Waals surface area contributed by atoms with E-state index in [4.69, 9.17) is 0 Å². The Morgan fingerprint density at radius 2 is 1.26 bits per heavy atom. The fourth-order valence-corrected chi connectivity index (χ4v) is 1.86. The zero-order chi connectivity index (χ0) is 17.3. The average Bonchev–Trinajstić information content (AvgIpc) is 2.56. The van der Waals surface area contributed by atoms with Crippen molar-refractivity contribution < 1.29 is 19.1 Å². The first-order valence-electron chi connectivity index (χ1n) is 8.24. The summed E-state index contributed by atoms with van der Waals surface area (Å²) in [6, 6.07) is 0. The highest BCUT2D eigenvalue weighted by Crippen LogP contribution is 2.08. The summed E-state index contributed by atoms with van der Waals surface area (Å²) in [4.78, 5) is 33.5. The lowest BCUT2D eigenvalue weighted by atomic mass is 10.1. The largest absolute Gasteiger partial charge is 0.469 e. The molecule has 0 unspecified atom stereocenters. The fourth-order valence-electron chi connectivity index (χ4n) is 1.86. The van der Waals surface area contributed by atoms with Crippen LogP contribution >= 0.6 is 0 Å². The second kappa shape index (κ2) is 14.9. The lowest BCUT2D eigenvalue weighted by Crippen LogP contribution is -1.99. The molecular formula is C19H28O4. The van der Waals surface area contributed by atoms with Crippen LogP contribution in [0.1, 0.15) is 58.3 Å². The Balaban J connectivity index is 3.61. The third kappa shape index (κ3) is 14.7. The van der Waals surface area contributed by atoms with Crippen LogP contribution in [0.4, 0.5) is 0 Å². The molecule has 0 heterocycles. The fraction of sp³-hybridized carbons (Fsp3) is 0.526. The molecule has 0 saturated carbocycles. The van der Waals surface area contributed by atoms with Crippen molar-refractivity contribution >= 4 is 17.5 Å². The lowest BCUT2D eigenvalue weighted by Gasteiger charge is -2.00. The third-order valence-electron chi connectivity index (χ3n) is 3.28. The minimum absolute atomic E-state index is 0.0845. The molecule has 0 radical (unpaired) electrons. The number of allylic oxidation sites excluding steroid dienone is 6. The molecule has 0 spiro atoms. The van der Waals surface area contributed by atoms with Crippen molar-refractivity contribution in [2.24, 2.45) is 0 Å². The van der Waals surface area contributed by atoms with Gasteiger partial charge in [-0.2, -0.15) is 0 Å². The average molecular weight is 320 g/mol. The minimum atomic E-state index is -0.160. The summed E-state index contributed by atoms with van der Waals surface area (Å²) in [5, 5.41) is 0. The van der Waals surface area contributed by atoms with Gasteiger partial charge in [-0.15, -0.1) is 0 Å². The molecule has 0 rings (SSSR count).